The minimum absolute atomic E-state index is 1.04. The number of aromatic nitrogens is 2. The second-order valence-electron chi connectivity index (χ2n) is 5.22. The number of rotatable bonds is 9. The van der Waals surface area contributed by atoms with E-state index in [0.29, 0.717) is 0 Å². The summed E-state index contributed by atoms with van der Waals surface area (Å²) in [6.45, 7) is 7.51. The maximum absolute atomic E-state index is 4.58. The summed E-state index contributed by atoms with van der Waals surface area (Å²) in [7, 11) is 0. The molecule has 0 atom stereocenters. The monoisotopic (exact) mass is 268 g/mol. The summed E-state index contributed by atoms with van der Waals surface area (Å²) >= 11 is 4.23. The lowest BCUT2D eigenvalue weighted by molar-refractivity contribution is 0.514. The average molecular weight is 268 g/mol. The lowest BCUT2D eigenvalue weighted by Crippen LogP contribution is -2.02. The van der Waals surface area contributed by atoms with E-state index in [1.54, 1.807) is 0 Å². The predicted molar refractivity (Wildman–Crippen MR) is 82.6 cm³/mol. The number of thiol groups is 1. The molecule has 0 bridgehead atoms. The van der Waals surface area contributed by atoms with Gasteiger partial charge in [-0.15, -0.1) is 0 Å². The van der Waals surface area contributed by atoms with Crippen LogP contribution in [0.3, 0.4) is 0 Å². The molecule has 0 unspecified atom stereocenters. The molecule has 18 heavy (non-hydrogen) atoms. The molecule has 1 aromatic heterocycles. The van der Waals surface area contributed by atoms with Gasteiger partial charge >= 0.3 is 0 Å². The molecule has 3 heteroatoms. The molecule has 0 aromatic carbocycles. The van der Waals surface area contributed by atoms with Gasteiger partial charge in [-0.1, -0.05) is 32.1 Å². The highest BCUT2D eigenvalue weighted by atomic mass is 32.1. The first-order valence-electron chi connectivity index (χ1n) is 7.28. The van der Waals surface area contributed by atoms with E-state index in [-0.39, 0.29) is 0 Å². The number of unbranched alkanes of at least 4 members (excludes halogenated alkanes) is 6. The molecule has 0 radical (unpaired) electrons. The lowest BCUT2D eigenvalue weighted by Gasteiger charge is -2.05. The van der Waals surface area contributed by atoms with Crippen molar-refractivity contribution in [1.29, 1.82) is 0 Å². The van der Waals surface area contributed by atoms with Crippen LogP contribution in [0.15, 0.2) is 0 Å². The Balaban J connectivity index is 2.09. The van der Waals surface area contributed by atoms with Gasteiger partial charge in [0.15, 0.2) is 0 Å². The van der Waals surface area contributed by atoms with E-state index >= 15 is 0 Å². The SMILES string of the molecule is Cc1nn(CCCCCCCCCS)c(C)c1C. The van der Waals surface area contributed by atoms with E-state index in [4.69, 9.17) is 0 Å². The Kier molecular flexibility index (Phi) is 7.48. The lowest BCUT2D eigenvalue weighted by atomic mass is 10.1. The maximum atomic E-state index is 4.58. The van der Waals surface area contributed by atoms with Crippen LogP contribution in [0.5, 0.6) is 0 Å². The van der Waals surface area contributed by atoms with Gasteiger partial charge in [0, 0.05) is 12.2 Å². The fraction of sp³-hybridized carbons (Fsp3) is 0.800. The largest absolute Gasteiger partial charge is 0.269 e. The van der Waals surface area contributed by atoms with Crippen LogP contribution < -0.4 is 0 Å². The van der Waals surface area contributed by atoms with Gasteiger partial charge in [-0.2, -0.15) is 17.7 Å². The standard InChI is InChI=1S/C15H28N2S/c1-13-14(2)16-17(15(13)3)11-9-7-5-4-6-8-10-12-18/h18H,4-12H2,1-3H3. The Morgan fingerprint density at radius 1 is 0.889 bits per heavy atom. The molecule has 0 amide bonds. The highest BCUT2D eigenvalue weighted by molar-refractivity contribution is 7.80. The third-order valence-electron chi connectivity index (χ3n) is 3.77. The maximum Gasteiger partial charge on any atom is 0.0625 e. The molecule has 0 aliphatic carbocycles. The first-order chi connectivity index (χ1) is 8.66. The second-order valence-corrected chi connectivity index (χ2v) is 5.66. The molecule has 0 aliphatic rings. The van der Waals surface area contributed by atoms with Gasteiger partial charge in [0.1, 0.15) is 0 Å². The van der Waals surface area contributed by atoms with Crippen LogP contribution in [-0.4, -0.2) is 15.5 Å². The third-order valence-corrected chi connectivity index (χ3v) is 4.09. The third kappa shape index (κ3) is 5.05. The van der Waals surface area contributed by atoms with Crippen molar-refractivity contribution in [2.45, 2.75) is 72.3 Å². The summed E-state index contributed by atoms with van der Waals surface area (Å²) in [5.41, 5.74) is 3.86. The summed E-state index contributed by atoms with van der Waals surface area (Å²) in [6.07, 6.45) is 9.33. The number of hydrogen-bond acceptors (Lipinski definition) is 2. The second kappa shape index (κ2) is 8.63. The van der Waals surface area contributed by atoms with Gasteiger partial charge in [0.05, 0.1) is 5.69 Å². The summed E-state index contributed by atoms with van der Waals surface area (Å²) in [6, 6.07) is 0. The van der Waals surface area contributed by atoms with Crippen LogP contribution in [0.25, 0.3) is 0 Å². The normalized spacial score (nSPS) is 11.1. The zero-order chi connectivity index (χ0) is 13.4. The molecule has 0 saturated heterocycles. The Morgan fingerprint density at radius 2 is 1.44 bits per heavy atom. The van der Waals surface area contributed by atoms with Gasteiger partial charge in [-0.3, -0.25) is 4.68 Å². The summed E-state index contributed by atoms with van der Waals surface area (Å²) in [5.74, 6) is 1.04. The van der Waals surface area contributed by atoms with Crippen LogP contribution in [0.2, 0.25) is 0 Å². The molecule has 0 saturated carbocycles. The first-order valence-corrected chi connectivity index (χ1v) is 7.91. The van der Waals surface area contributed by atoms with Crippen LogP contribution in [0.4, 0.5) is 0 Å². The molecular weight excluding hydrogens is 240 g/mol. The van der Waals surface area contributed by atoms with Crippen molar-refractivity contribution in [3.63, 3.8) is 0 Å². The Labute approximate surface area is 118 Å². The van der Waals surface area contributed by atoms with E-state index in [0.717, 1.165) is 12.3 Å². The van der Waals surface area contributed by atoms with E-state index in [1.165, 1.54) is 61.9 Å². The number of aryl methyl sites for hydroxylation is 2. The minimum atomic E-state index is 1.04. The van der Waals surface area contributed by atoms with Gasteiger partial charge in [0.25, 0.3) is 0 Å². The zero-order valence-corrected chi connectivity index (χ0v) is 13.1. The summed E-state index contributed by atoms with van der Waals surface area (Å²) < 4.78 is 2.17. The van der Waals surface area contributed by atoms with Crippen molar-refractivity contribution >= 4 is 12.6 Å². The van der Waals surface area contributed by atoms with Crippen molar-refractivity contribution in [3.8, 4) is 0 Å². The predicted octanol–water partition coefficient (Wildman–Crippen LogP) is 4.47. The molecule has 1 heterocycles. The summed E-state index contributed by atoms with van der Waals surface area (Å²) in [4.78, 5) is 0. The van der Waals surface area contributed by atoms with Crippen molar-refractivity contribution in [2.75, 3.05) is 5.75 Å². The van der Waals surface area contributed by atoms with Gasteiger partial charge in [-0.25, -0.2) is 0 Å². The Bertz CT molecular complexity index is 345. The van der Waals surface area contributed by atoms with Gasteiger partial charge in [0.2, 0.25) is 0 Å². The minimum Gasteiger partial charge on any atom is -0.269 e. The molecule has 0 N–H and O–H groups in total. The van der Waals surface area contributed by atoms with E-state index in [2.05, 4.69) is 43.2 Å². The molecule has 0 spiro atoms. The highest BCUT2D eigenvalue weighted by Gasteiger charge is 2.05. The molecule has 1 aromatic rings. The van der Waals surface area contributed by atoms with E-state index < -0.39 is 0 Å². The topological polar surface area (TPSA) is 17.8 Å². The molecule has 0 aliphatic heterocycles. The Hall–Kier alpha value is -0.440. The number of hydrogen-bond donors (Lipinski definition) is 1. The fourth-order valence-corrected chi connectivity index (χ4v) is 2.49. The number of nitrogens with zero attached hydrogens (tertiary/aromatic N) is 2. The molecule has 1 rings (SSSR count). The van der Waals surface area contributed by atoms with Crippen molar-refractivity contribution in [1.82, 2.24) is 9.78 Å². The van der Waals surface area contributed by atoms with E-state index in [1.807, 2.05) is 0 Å². The van der Waals surface area contributed by atoms with Gasteiger partial charge in [-0.05, 0) is 44.9 Å². The van der Waals surface area contributed by atoms with Crippen molar-refractivity contribution < 1.29 is 0 Å². The smallest absolute Gasteiger partial charge is 0.0625 e. The molecule has 2 nitrogen and oxygen atoms in total. The van der Waals surface area contributed by atoms with Crippen LogP contribution >= 0.6 is 12.6 Å². The van der Waals surface area contributed by atoms with Crippen LogP contribution in [0.1, 0.15) is 61.9 Å². The van der Waals surface area contributed by atoms with Crippen LogP contribution in [-0.2, 0) is 6.54 Å². The molecule has 0 fully saturated rings. The summed E-state index contributed by atoms with van der Waals surface area (Å²) in [5, 5.41) is 4.58. The highest BCUT2D eigenvalue weighted by Crippen LogP contribution is 2.13. The quantitative estimate of drug-likeness (QED) is 0.517. The van der Waals surface area contributed by atoms with E-state index in [9.17, 15) is 0 Å². The van der Waals surface area contributed by atoms with Crippen molar-refractivity contribution in [3.05, 3.63) is 17.0 Å². The van der Waals surface area contributed by atoms with Crippen molar-refractivity contribution in [2.24, 2.45) is 0 Å². The zero-order valence-electron chi connectivity index (χ0n) is 12.2. The molecular formula is C15H28N2S. The van der Waals surface area contributed by atoms with Crippen LogP contribution in [0, 0.1) is 20.8 Å². The first kappa shape index (κ1) is 15.6. The average Bonchev–Trinajstić information content (AvgIpc) is 2.60. The van der Waals surface area contributed by atoms with Gasteiger partial charge < -0.3 is 0 Å². The Morgan fingerprint density at radius 3 is 1.94 bits per heavy atom. The fourth-order valence-electron chi connectivity index (χ4n) is 2.26. The molecule has 104 valence electrons.